The summed E-state index contributed by atoms with van der Waals surface area (Å²) in [6.07, 6.45) is 0. The summed E-state index contributed by atoms with van der Waals surface area (Å²) in [7, 11) is 3.16. The summed E-state index contributed by atoms with van der Waals surface area (Å²) in [6.45, 7) is 7.44. The third kappa shape index (κ3) is 4.53. The first-order valence-corrected chi connectivity index (χ1v) is 12.7. The fourth-order valence-electron chi connectivity index (χ4n) is 4.78. The van der Waals surface area contributed by atoms with E-state index in [2.05, 4.69) is 35.0 Å². The van der Waals surface area contributed by atoms with Gasteiger partial charge >= 0.3 is 5.69 Å². The van der Waals surface area contributed by atoms with Gasteiger partial charge in [0.1, 0.15) is 0 Å². The predicted molar refractivity (Wildman–Crippen MR) is 152 cm³/mol. The van der Waals surface area contributed by atoms with E-state index in [0.29, 0.717) is 54.9 Å². The molecular formula is C27H31N7O2S. The van der Waals surface area contributed by atoms with E-state index in [1.54, 1.807) is 7.05 Å². The zero-order valence-electron chi connectivity index (χ0n) is 21.6. The summed E-state index contributed by atoms with van der Waals surface area (Å²) < 4.78 is 4.53. The number of thiocarbonyl (C=S) groups is 1. The standard InChI is InChI=1S/C27H31N7O2S/c1-18-9-8-12-21(19(18)2)28-26(37)33-15-13-32(14-16-33)25-29-23-22(24(35)31(4)27(36)30(23)3)34(25)17-20-10-6-5-7-11-20/h5-12H,13-17H2,1-4H3,(H,28,37). The lowest BCUT2D eigenvalue weighted by Crippen LogP contribution is -2.50. The Labute approximate surface area is 220 Å². The molecule has 0 saturated carbocycles. The summed E-state index contributed by atoms with van der Waals surface area (Å²) in [5, 5.41) is 4.10. The molecule has 1 N–H and O–H groups in total. The Morgan fingerprint density at radius 3 is 2.35 bits per heavy atom. The lowest BCUT2D eigenvalue weighted by Gasteiger charge is -2.37. The lowest BCUT2D eigenvalue weighted by molar-refractivity contribution is 0.386. The van der Waals surface area contributed by atoms with Gasteiger partial charge in [-0.1, -0.05) is 42.5 Å². The highest BCUT2D eigenvalue weighted by Gasteiger charge is 2.26. The highest BCUT2D eigenvalue weighted by molar-refractivity contribution is 7.80. The fourth-order valence-corrected chi connectivity index (χ4v) is 5.08. The maximum Gasteiger partial charge on any atom is 0.332 e. The number of imidazole rings is 1. The molecular weight excluding hydrogens is 486 g/mol. The van der Waals surface area contributed by atoms with Crippen molar-refractivity contribution in [3.05, 3.63) is 86.1 Å². The number of benzene rings is 2. The molecule has 0 radical (unpaired) electrons. The van der Waals surface area contributed by atoms with Gasteiger partial charge in [0.05, 0.1) is 6.54 Å². The molecule has 0 aliphatic carbocycles. The number of hydrogen-bond acceptors (Lipinski definition) is 5. The van der Waals surface area contributed by atoms with Gasteiger partial charge in [-0.2, -0.15) is 4.98 Å². The van der Waals surface area contributed by atoms with Crippen molar-refractivity contribution in [2.45, 2.75) is 20.4 Å². The molecule has 2 aromatic heterocycles. The van der Waals surface area contributed by atoms with Crippen molar-refractivity contribution in [2.24, 2.45) is 14.1 Å². The summed E-state index contributed by atoms with van der Waals surface area (Å²) in [5.41, 5.74) is 4.57. The molecule has 0 unspecified atom stereocenters. The van der Waals surface area contributed by atoms with E-state index < -0.39 is 0 Å². The topological polar surface area (TPSA) is 80.3 Å². The predicted octanol–water partition coefficient (Wildman–Crippen LogP) is 2.62. The van der Waals surface area contributed by atoms with Gasteiger partial charge in [0.2, 0.25) is 5.95 Å². The Morgan fingerprint density at radius 1 is 0.946 bits per heavy atom. The van der Waals surface area contributed by atoms with Gasteiger partial charge in [0.15, 0.2) is 16.3 Å². The Hall–Kier alpha value is -3.92. The molecule has 0 atom stereocenters. The quantitative estimate of drug-likeness (QED) is 0.417. The molecule has 10 heteroatoms. The van der Waals surface area contributed by atoms with Crippen molar-refractivity contribution >= 4 is 40.1 Å². The first-order valence-electron chi connectivity index (χ1n) is 12.3. The molecule has 1 aliphatic heterocycles. The van der Waals surface area contributed by atoms with Crippen molar-refractivity contribution < 1.29 is 0 Å². The van der Waals surface area contributed by atoms with E-state index in [9.17, 15) is 9.59 Å². The van der Waals surface area contributed by atoms with E-state index in [4.69, 9.17) is 17.2 Å². The minimum atomic E-state index is -0.388. The van der Waals surface area contributed by atoms with Crippen LogP contribution < -0.4 is 21.5 Å². The van der Waals surface area contributed by atoms with Crippen LogP contribution in [0.3, 0.4) is 0 Å². The zero-order valence-corrected chi connectivity index (χ0v) is 22.4. The van der Waals surface area contributed by atoms with Crippen LogP contribution in [-0.4, -0.2) is 54.9 Å². The molecule has 9 nitrogen and oxygen atoms in total. The average Bonchev–Trinajstić information content (AvgIpc) is 3.28. The second-order valence-corrected chi connectivity index (χ2v) is 9.90. The van der Waals surface area contributed by atoms with Crippen LogP contribution in [0.25, 0.3) is 11.2 Å². The number of aryl methyl sites for hydroxylation is 2. The molecule has 1 fully saturated rings. The monoisotopic (exact) mass is 517 g/mol. The molecule has 4 aromatic rings. The Bertz CT molecular complexity index is 1600. The van der Waals surface area contributed by atoms with Crippen molar-refractivity contribution in [1.82, 2.24) is 23.6 Å². The molecule has 0 amide bonds. The molecule has 2 aromatic carbocycles. The Balaban J connectivity index is 1.44. The summed E-state index contributed by atoms with van der Waals surface area (Å²) in [6, 6.07) is 16.1. The summed E-state index contributed by atoms with van der Waals surface area (Å²) >= 11 is 5.74. The van der Waals surface area contributed by atoms with Crippen LogP contribution >= 0.6 is 12.2 Å². The number of rotatable bonds is 4. The van der Waals surface area contributed by atoms with Crippen LogP contribution in [-0.2, 0) is 20.6 Å². The number of nitrogens with one attached hydrogen (secondary N) is 1. The second kappa shape index (κ2) is 9.85. The number of hydrogen-bond donors (Lipinski definition) is 1. The smallest absolute Gasteiger partial charge is 0.332 e. The second-order valence-electron chi connectivity index (χ2n) is 9.51. The summed E-state index contributed by atoms with van der Waals surface area (Å²) in [4.78, 5) is 35.0. The van der Waals surface area contributed by atoms with Crippen molar-refractivity contribution in [3.8, 4) is 0 Å². The number of fused-ring (bicyclic) bond motifs is 1. The Kier molecular flexibility index (Phi) is 6.59. The molecule has 192 valence electrons. The van der Waals surface area contributed by atoms with Gasteiger partial charge in [-0.05, 0) is 48.8 Å². The largest absolute Gasteiger partial charge is 0.345 e. The molecule has 1 aliphatic rings. The minimum absolute atomic E-state index is 0.342. The van der Waals surface area contributed by atoms with E-state index in [-0.39, 0.29) is 11.2 Å². The first kappa shape index (κ1) is 24.8. The number of nitrogens with zero attached hydrogens (tertiary/aromatic N) is 6. The minimum Gasteiger partial charge on any atom is -0.345 e. The molecule has 37 heavy (non-hydrogen) atoms. The number of anilines is 2. The zero-order chi connectivity index (χ0) is 26.3. The van der Waals surface area contributed by atoms with Crippen LogP contribution in [0.5, 0.6) is 0 Å². The van der Waals surface area contributed by atoms with Crippen LogP contribution in [0.15, 0.2) is 58.1 Å². The van der Waals surface area contributed by atoms with Crippen LogP contribution in [0, 0.1) is 13.8 Å². The molecule has 0 bridgehead atoms. The van der Waals surface area contributed by atoms with E-state index in [0.717, 1.165) is 15.8 Å². The van der Waals surface area contributed by atoms with Crippen LogP contribution in [0.2, 0.25) is 0 Å². The highest BCUT2D eigenvalue weighted by Crippen LogP contribution is 2.23. The maximum absolute atomic E-state index is 13.2. The third-order valence-electron chi connectivity index (χ3n) is 7.21. The summed E-state index contributed by atoms with van der Waals surface area (Å²) in [5.74, 6) is 0.685. The molecule has 1 saturated heterocycles. The first-order chi connectivity index (χ1) is 17.8. The van der Waals surface area contributed by atoms with Crippen LogP contribution in [0.4, 0.5) is 11.6 Å². The fraction of sp³-hybridized carbons (Fsp3) is 0.333. The normalized spacial score (nSPS) is 13.8. The van der Waals surface area contributed by atoms with E-state index in [1.807, 2.05) is 47.0 Å². The number of piperazine rings is 1. The van der Waals surface area contributed by atoms with Gasteiger partial charge in [0, 0.05) is 46.0 Å². The maximum atomic E-state index is 13.2. The van der Waals surface area contributed by atoms with Crippen molar-refractivity contribution in [1.29, 1.82) is 0 Å². The van der Waals surface area contributed by atoms with Crippen molar-refractivity contribution in [2.75, 3.05) is 36.4 Å². The molecule has 5 rings (SSSR count). The van der Waals surface area contributed by atoms with Gasteiger partial charge in [0.25, 0.3) is 5.56 Å². The van der Waals surface area contributed by atoms with Gasteiger partial charge in [-0.25, -0.2) is 4.79 Å². The van der Waals surface area contributed by atoms with Gasteiger partial charge < -0.3 is 15.1 Å². The molecule has 0 spiro atoms. The third-order valence-corrected chi connectivity index (χ3v) is 7.57. The highest BCUT2D eigenvalue weighted by atomic mass is 32.1. The van der Waals surface area contributed by atoms with E-state index in [1.165, 1.54) is 22.7 Å². The van der Waals surface area contributed by atoms with Gasteiger partial charge in [-0.15, -0.1) is 0 Å². The molecule has 3 heterocycles. The van der Waals surface area contributed by atoms with Crippen molar-refractivity contribution in [3.63, 3.8) is 0 Å². The Morgan fingerprint density at radius 2 is 1.65 bits per heavy atom. The van der Waals surface area contributed by atoms with Gasteiger partial charge in [-0.3, -0.25) is 18.5 Å². The number of aromatic nitrogens is 4. The lowest BCUT2D eigenvalue weighted by atomic mass is 10.1. The SMILES string of the molecule is Cc1cccc(NC(=S)N2CCN(c3nc4c(c(=O)n(C)c(=O)n4C)n3Cc3ccccc3)CC2)c1C. The van der Waals surface area contributed by atoms with E-state index >= 15 is 0 Å². The average molecular weight is 518 g/mol. The van der Waals surface area contributed by atoms with Crippen LogP contribution in [0.1, 0.15) is 16.7 Å².